The molecule has 6 nitrogen and oxygen atoms in total. The van der Waals surface area contributed by atoms with Gasteiger partial charge in [0.25, 0.3) is 0 Å². The molecule has 3 rings (SSSR count). The maximum absolute atomic E-state index is 13.0. The number of halogens is 4. The van der Waals surface area contributed by atoms with Gasteiger partial charge in [0.15, 0.2) is 0 Å². The molecule has 2 aromatic rings. The molecule has 0 aliphatic carbocycles. The van der Waals surface area contributed by atoms with Crippen molar-refractivity contribution >= 4 is 27.5 Å². The maximum Gasteiger partial charge on any atom is 0.416 e. The lowest BCUT2D eigenvalue weighted by atomic mass is 10.1. The van der Waals surface area contributed by atoms with Gasteiger partial charge in [-0.2, -0.15) is 17.5 Å². The Balaban J connectivity index is 1.71. The van der Waals surface area contributed by atoms with E-state index in [9.17, 15) is 26.4 Å². The zero-order valence-corrected chi connectivity index (χ0v) is 18.1. The highest BCUT2D eigenvalue weighted by molar-refractivity contribution is 7.89. The Bertz CT molecular complexity index is 1070. The van der Waals surface area contributed by atoms with Crippen LogP contribution >= 0.6 is 11.6 Å². The molecule has 168 valence electrons. The van der Waals surface area contributed by atoms with Gasteiger partial charge >= 0.3 is 6.18 Å². The molecule has 31 heavy (non-hydrogen) atoms. The number of benzene rings is 2. The first-order valence-electron chi connectivity index (χ1n) is 9.30. The van der Waals surface area contributed by atoms with E-state index in [2.05, 4.69) is 0 Å². The Morgan fingerprint density at radius 1 is 1.10 bits per heavy atom. The average molecular weight is 477 g/mol. The van der Waals surface area contributed by atoms with Crippen molar-refractivity contribution in [3.8, 4) is 5.75 Å². The van der Waals surface area contributed by atoms with Gasteiger partial charge in [-0.3, -0.25) is 4.79 Å². The largest absolute Gasteiger partial charge is 0.496 e. The van der Waals surface area contributed by atoms with Gasteiger partial charge in [-0.05, 0) is 24.3 Å². The number of ether oxygens (including phenoxy) is 1. The first-order valence-corrected chi connectivity index (χ1v) is 11.1. The molecule has 0 N–H and O–H groups in total. The molecule has 0 aromatic heterocycles. The lowest BCUT2D eigenvalue weighted by molar-refractivity contribution is -0.137. The summed E-state index contributed by atoms with van der Waals surface area (Å²) in [5.41, 5.74) is -0.387. The highest BCUT2D eigenvalue weighted by Gasteiger charge is 2.36. The Morgan fingerprint density at radius 3 is 2.35 bits per heavy atom. The Hall–Kier alpha value is -2.30. The summed E-state index contributed by atoms with van der Waals surface area (Å²) in [7, 11) is -2.74. The SMILES string of the molecule is COc1ccccc1CC(=O)N1CCN(S(=O)(=O)c2cc(C(F)(F)F)ccc2Cl)CC1. The van der Waals surface area contributed by atoms with Gasteiger partial charge in [-0.15, -0.1) is 0 Å². The van der Waals surface area contributed by atoms with Crippen LogP contribution in [0.5, 0.6) is 5.75 Å². The van der Waals surface area contributed by atoms with E-state index in [1.54, 1.807) is 24.3 Å². The summed E-state index contributed by atoms with van der Waals surface area (Å²) >= 11 is 5.90. The number of alkyl halides is 3. The van der Waals surface area contributed by atoms with Crippen LogP contribution in [-0.4, -0.2) is 56.8 Å². The van der Waals surface area contributed by atoms with Crippen molar-refractivity contribution in [3.05, 3.63) is 58.6 Å². The molecule has 0 spiro atoms. The second-order valence-electron chi connectivity index (χ2n) is 6.92. The first-order chi connectivity index (χ1) is 14.5. The molecule has 0 unspecified atom stereocenters. The highest BCUT2D eigenvalue weighted by atomic mass is 35.5. The third-order valence-corrected chi connectivity index (χ3v) is 7.38. The van der Waals surface area contributed by atoms with Gasteiger partial charge in [0.2, 0.25) is 15.9 Å². The minimum atomic E-state index is -4.70. The third kappa shape index (κ3) is 5.13. The molecule has 1 heterocycles. The Morgan fingerprint density at radius 2 is 1.74 bits per heavy atom. The van der Waals surface area contributed by atoms with E-state index in [0.29, 0.717) is 17.4 Å². The van der Waals surface area contributed by atoms with Gasteiger partial charge in [0.1, 0.15) is 10.6 Å². The minimum absolute atomic E-state index is 0.0490. The van der Waals surface area contributed by atoms with Crippen LogP contribution in [-0.2, 0) is 27.4 Å². The number of para-hydroxylation sites is 1. The summed E-state index contributed by atoms with van der Waals surface area (Å²) < 4.78 is 71.1. The average Bonchev–Trinajstić information content (AvgIpc) is 2.73. The second-order valence-corrected chi connectivity index (χ2v) is 9.23. The first kappa shape index (κ1) is 23.4. The summed E-state index contributed by atoms with van der Waals surface area (Å²) in [5.74, 6) is 0.384. The molecule has 1 aliphatic heterocycles. The molecular formula is C20H20ClF3N2O4S. The molecule has 11 heteroatoms. The fourth-order valence-electron chi connectivity index (χ4n) is 3.32. The van der Waals surface area contributed by atoms with Crippen LogP contribution in [0.4, 0.5) is 13.2 Å². The van der Waals surface area contributed by atoms with Gasteiger partial charge in [-0.25, -0.2) is 8.42 Å². The smallest absolute Gasteiger partial charge is 0.416 e. The van der Waals surface area contributed by atoms with E-state index in [1.165, 1.54) is 12.0 Å². The molecule has 0 radical (unpaired) electrons. The fourth-order valence-corrected chi connectivity index (χ4v) is 5.24. The second kappa shape index (κ2) is 9.05. The highest BCUT2D eigenvalue weighted by Crippen LogP contribution is 2.34. The van der Waals surface area contributed by atoms with Crippen LogP contribution in [0.3, 0.4) is 0 Å². The minimum Gasteiger partial charge on any atom is -0.496 e. The number of hydrogen-bond donors (Lipinski definition) is 0. The van der Waals surface area contributed by atoms with Crippen molar-refractivity contribution in [1.82, 2.24) is 9.21 Å². The van der Waals surface area contributed by atoms with Crippen molar-refractivity contribution in [1.29, 1.82) is 0 Å². The standard InChI is InChI=1S/C20H20ClF3N2O4S/c1-30-17-5-3-2-4-14(17)12-19(27)25-8-10-26(11-9-25)31(28,29)18-13-15(20(22,23)24)6-7-16(18)21/h2-7,13H,8-12H2,1H3. The van der Waals surface area contributed by atoms with E-state index in [0.717, 1.165) is 16.4 Å². The Kier molecular flexibility index (Phi) is 6.82. The Labute approximate surface area is 183 Å². The summed E-state index contributed by atoms with van der Waals surface area (Å²) in [5, 5.41) is -0.289. The molecule has 1 aliphatic rings. The van der Waals surface area contributed by atoms with Gasteiger partial charge < -0.3 is 9.64 Å². The van der Waals surface area contributed by atoms with Crippen molar-refractivity contribution in [2.24, 2.45) is 0 Å². The summed E-state index contributed by atoms with van der Waals surface area (Å²) in [4.78, 5) is 13.5. The number of sulfonamides is 1. The van der Waals surface area contributed by atoms with Crippen LogP contribution in [0, 0.1) is 0 Å². The monoisotopic (exact) mass is 476 g/mol. The van der Waals surface area contributed by atoms with E-state index < -0.39 is 26.7 Å². The van der Waals surface area contributed by atoms with Crippen LogP contribution in [0.25, 0.3) is 0 Å². The number of nitrogens with zero attached hydrogens (tertiary/aromatic N) is 2. The molecule has 0 saturated carbocycles. The molecule has 1 saturated heterocycles. The zero-order chi connectivity index (χ0) is 22.8. The number of amides is 1. The maximum atomic E-state index is 13.0. The number of piperazine rings is 1. The van der Waals surface area contributed by atoms with Gasteiger partial charge in [0.05, 0.1) is 24.1 Å². The van der Waals surface area contributed by atoms with Gasteiger partial charge in [0, 0.05) is 31.7 Å². The normalized spacial score (nSPS) is 15.7. The van der Waals surface area contributed by atoms with Crippen LogP contribution in [0.1, 0.15) is 11.1 Å². The zero-order valence-electron chi connectivity index (χ0n) is 16.5. The van der Waals surface area contributed by atoms with Gasteiger partial charge in [-0.1, -0.05) is 29.8 Å². The predicted molar refractivity (Wildman–Crippen MR) is 108 cm³/mol. The van der Waals surface area contributed by atoms with Crippen molar-refractivity contribution < 1.29 is 31.1 Å². The van der Waals surface area contributed by atoms with E-state index in [-0.39, 0.29) is 43.5 Å². The fraction of sp³-hybridized carbons (Fsp3) is 0.350. The molecule has 2 aromatic carbocycles. The summed E-state index contributed by atoms with van der Waals surface area (Å²) in [6.07, 6.45) is -4.60. The lowest BCUT2D eigenvalue weighted by Gasteiger charge is -2.34. The molecule has 0 bridgehead atoms. The van der Waals surface area contributed by atoms with Crippen LogP contribution in [0.15, 0.2) is 47.4 Å². The predicted octanol–water partition coefficient (Wildman–Crippen LogP) is 3.44. The molecule has 1 amide bonds. The topological polar surface area (TPSA) is 66.9 Å². The molecule has 1 fully saturated rings. The summed E-state index contributed by atoms with van der Waals surface area (Å²) in [6.45, 7) is 0.132. The van der Waals surface area contributed by atoms with Crippen molar-refractivity contribution in [2.75, 3.05) is 33.3 Å². The van der Waals surface area contributed by atoms with E-state index >= 15 is 0 Å². The molecule has 0 atom stereocenters. The number of carbonyl (C=O) groups excluding carboxylic acids is 1. The van der Waals surface area contributed by atoms with Crippen LogP contribution < -0.4 is 4.74 Å². The number of rotatable bonds is 5. The van der Waals surface area contributed by atoms with E-state index in [1.807, 2.05) is 0 Å². The van der Waals surface area contributed by atoms with Crippen molar-refractivity contribution in [2.45, 2.75) is 17.5 Å². The van der Waals surface area contributed by atoms with Crippen molar-refractivity contribution in [3.63, 3.8) is 0 Å². The number of hydrogen-bond acceptors (Lipinski definition) is 4. The quantitative estimate of drug-likeness (QED) is 0.663. The molecular weight excluding hydrogens is 457 g/mol. The lowest BCUT2D eigenvalue weighted by Crippen LogP contribution is -2.50. The van der Waals surface area contributed by atoms with Crippen LogP contribution in [0.2, 0.25) is 5.02 Å². The number of methoxy groups -OCH3 is 1. The number of carbonyl (C=O) groups is 1. The van der Waals surface area contributed by atoms with E-state index in [4.69, 9.17) is 16.3 Å². The summed E-state index contributed by atoms with van der Waals surface area (Å²) in [6, 6.07) is 9.28. The third-order valence-electron chi connectivity index (χ3n) is 5.00.